The molecule has 6 heteroatoms. The number of halogens is 2. The Balaban J connectivity index is 2.26. The summed E-state index contributed by atoms with van der Waals surface area (Å²) in [5.74, 6) is -1.69. The number of aromatic nitrogens is 1. The van der Waals surface area contributed by atoms with E-state index < -0.39 is 17.5 Å². The van der Waals surface area contributed by atoms with Crippen LogP contribution < -0.4 is 10.5 Å². The van der Waals surface area contributed by atoms with Gasteiger partial charge in [-0.3, -0.25) is 4.79 Å². The third-order valence-electron chi connectivity index (χ3n) is 5.07. The molecule has 1 amide bonds. The number of para-hydroxylation sites is 1. The van der Waals surface area contributed by atoms with Crippen molar-refractivity contribution in [3.63, 3.8) is 0 Å². The normalized spacial score (nSPS) is 10.9. The summed E-state index contributed by atoms with van der Waals surface area (Å²) in [5.41, 5.74) is 9.88. The molecule has 0 fully saturated rings. The lowest BCUT2D eigenvalue weighted by Crippen LogP contribution is -2.14. The van der Waals surface area contributed by atoms with E-state index in [0.29, 0.717) is 35.5 Å². The first-order chi connectivity index (χ1) is 13.9. The number of carbonyl (C=O) groups is 1. The van der Waals surface area contributed by atoms with Gasteiger partial charge in [-0.2, -0.15) is 0 Å². The summed E-state index contributed by atoms with van der Waals surface area (Å²) in [7, 11) is 1.58. The van der Waals surface area contributed by atoms with Crippen LogP contribution in [0.25, 0.3) is 11.1 Å². The highest BCUT2D eigenvalue weighted by molar-refractivity contribution is 6.03. The minimum absolute atomic E-state index is 0.299. The molecule has 0 spiro atoms. The summed E-state index contributed by atoms with van der Waals surface area (Å²) in [6.45, 7) is 4.16. The van der Waals surface area contributed by atoms with Gasteiger partial charge in [0.05, 0.1) is 12.7 Å². The fourth-order valence-electron chi connectivity index (χ4n) is 3.77. The molecule has 0 saturated heterocycles. The molecule has 0 atom stereocenters. The van der Waals surface area contributed by atoms with Gasteiger partial charge in [0, 0.05) is 29.1 Å². The van der Waals surface area contributed by atoms with Crippen molar-refractivity contribution < 1.29 is 18.3 Å². The first-order valence-electron chi connectivity index (χ1n) is 9.48. The number of nitrogens with zero attached hydrogens (tertiary/aromatic N) is 1. The number of hydrogen-bond donors (Lipinski definition) is 1. The molecule has 2 aromatic carbocycles. The number of hydrogen-bond acceptors (Lipinski definition) is 2. The molecule has 4 nitrogen and oxygen atoms in total. The Bertz CT molecular complexity index is 1060. The van der Waals surface area contributed by atoms with Crippen molar-refractivity contribution in [1.82, 2.24) is 4.57 Å². The SMILES string of the molecule is CCCc1c(-c2ccccc2OC)c(C(N)=O)c(C)n1Cc1ccc(F)c(F)c1. The van der Waals surface area contributed by atoms with Crippen LogP contribution in [0.1, 0.15) is 40.7 Å². The molecule has 2 N–H and O–H groups in total. The van der Waals surface area contributed by atoms with Crippen molar-refractivity contribution in [3.05, 3.63) is 76.6 Å². The van der Waals surface area contributed by atoms with Crippen LogP contribution in [-0.4, -0.2) is 17.6 Å². The second-order valence-electron chi connectivity index (χ2n) is 6.93. The average molecular weight is 398 g/mol. The molecule has 3 rings (SSSR count). The van der Waals surface area contributed by atoms with Crippen molar-refractivity contribution in [3.8, 4) is 16.9 Å². The molecule has 152 valence electrons. The zero-order valence-electron chi connectivity index (χ0n) is 16.8. The van der Waals surface area contributed by atoms with Gasteiger partial charge in [0.15, 0.2) is 11.6 Å². The summed E-state index contributed by atoms with van der Waals surface area (Å²) in [5, 5.41) is 0. The maximum Gasteiger partial charge on any atom is 0.251 e. The molecule has 0 aliphatic carbocycles. The molecule has 0 radical (unpaired) electrons. The van der Waals surface area contributed by atoms with Crippen LogP contribution in [0, 0.1) is 18.6 Å². The minimum Gasteiger partial charge on any atom is -0.496 e. The quantitative estimate of drug-likeness (QED) is 0.619. The Hall–Kier alpha value is -3.15. The van der Waals surface area contributed by atoms with E-state index in [1.807, 2.05) is 42.7 Å². The van der Waals surface area contributed by atoms with Gasteiger partial charge in [-0.15, -0.1) is 0 Å². The highest BCUT2D eigenvalue weighted by atomic mass is 19.2. The fraction of sp³-hybridized carbons (Fsp3) is 0.261. The number of nitrogens with two attached hydrogens (primary N) is 1. The van der Waals surface area contributed by atoms with Crippen LogP contribution >= 0.6 is 0 Å². The molecular weight excluding hydrogens is 374 g/mol. The molecule has 0 saturated carbocycles. The first-order valence-corrected chi connectivity index (χ1v) is 9.48. The maximum atomic E-state index is 13.7. The molecule has 3 aromatic rings. The zero-order valence-corrected chi connectivity index (χ0v) is 16.8. The molecular formula is C23H24F2N2O2. The summed E-state index contributed by atoms with van der Waals surface area (Å²) in [4.78, 5) is 12.4. The number of primary amides is 1. The van der Waals surface area contributed by atoms with Crippen molar-refractivity contribution in [2.75, 3.05) is 7.11 Å². The molecule has 0 bridgehead atoms. The van der Waals surface area contributed by atoms with Crippen LogP contribution in [0.15, 0.2) is 42.5 Å². The van der Waals surface area contributed by atoms with Gasteiger partial charge in [0.25, 0.3) is 5.91 Å². The zero-order chi connectivity index (χ0) is 21.1. The molecule has 0 unspecified atom stereocenters. The van der Waals surface area contributed by atoms with E-state index in [1.165, 1.54) is 6.07 Å². The van der Waals surface area contributed by atoms with Crippen molar-refractivity contribution in [2.24, 2.45) is 5.73 Å². The fourth-order valence-corrected chi connectivity index (χ4v) is 3.77. The molecule has 29 heavy (non-hydrogen) atoms. The summed E-state index contributed by atoms with van der Waals surface area (Å²) < 4.78 is 34.5. The van der Waals surface area contributed by atoms with Crippen LogP contribution in [0.5, 0.6) is 5.75 Å². The number of ether oxygens (including phenoxy) is 1. The van der Waals surface area contributed by atoms with Gasteiger partial charge in [0.2, 0.25) is 0 Å². The van der Waals surface area contributed by atoms with Crippen LogP contribution in [-0.2, 0) is 13.0 Å². The van der Waals surface area contributed by atoms with E-state index in [4.69, 9.17) is 10.5 Å². The van der Waals surface area contributed by atoms with E-state index in [1.54, 1.807) is 13.2 Å². The second kappa shape index (κ2) is 8.47. The summed E-state index contributed by atoms with van der Waals surface area (Å²) >= 11 is 0. The number of carbonyl (C=O) groups excluding carboxylic acids is 1. The molecule has 0 aliphatic heterocycles. The first kappa shape index (κ1) is 20.6. The second-order valence-corrected chi connectivity index (χ2v) is 6.93. The summed E-state index contributed by atoms with van der Waals surface area (Å²) in [6.07, 6.45) is 1.52. The Morgan fingerprint density at radius 1 is 1.14 bits per heavy atom. The van der Waals surface area contributed by atoms with Crippen molar-refractivity contribution in [2.45, 2.75) is 33.2 Å². The third kappa shape index (κ3) is 3.88. The molecule has 0 aliphatic rings. The van der Waals surface area contributed by atoms with E-state index in [0.717, 1.165) is 29.3 Å². The van der Waals surface area contributed by atoms with Gasteiger partial charge >= 0.3 is 0 Å². The van der Waals surface area contributed by atoms with Crippen molar-refractivity contribution in [1.29, 1.82) is 0 Å². The minimum atomic E-state index is -0.899. The van der Waals surface area contributed by atoms with Gasteiger partial charge in [-0.25, -0.2) is 8.78 Å². The monoisotopic (exact) mass is 398 g/mol. The summed E-state index contributed by atoms with van der Waals surface area (Å²) in [6, 6.07) is 11.3. The Morgan fingerprint density at radius 2 is 1.86 bits per heavy atom. The molecule has 1 aromatic heterocycles. The highest BCUT2D eigenvalue weighted by Crippen LogP contribution is 2.39. The predicted octanol–water partition coefficient (Wildman–Crippen LogP) is 4.85. The van der Waals surface area contributed by atoms with Gasteiger partial charge < -0.3 is 15.0 Å². The average Bonchev–Trinajstić information content (AvgIpc) is 2.97. The third-order valence-corrected chi connectivity index (χ3v) is 5.07. The maximum absolute atomic E-state index is 13.7. The van der Waals surface area contributed by atoms with Crippen molar-refractivity contribution >= 4 is 5.91 Å². The van der Waals surface area contributed by atoms with E-state index in [2.05, 4.69) is 0 Å². The van der Waals surface area contributed by atoms with Crippen LogP contribution in [0.3, 0.4) is 0 Å². The Morgan fingerprint density at radius 3 is 2.48 bits per heavy atom. The smallest absolute Gasteiger partial charge is 0.251 e. The lowest BCUT2D eigenvalue weighted by atomic mass is 9.97. The lowest BCUT2D eigenvalue weighted by molar-refractivity contribution is 0.1000. The number of methoxy groups -OCH3 is 1. The Labute approximate surface area is 168 Å². The van der Waals surface area contributed by atoms with Gasteiger partial charge in [-0.05, 0) is 37.1 Å². The lowest BCUT2D eigenvalue weighted by Gasteiger charge is -2.14. The van der Waals surface area contributed by atoms with E-state index in [9.17, 15) is 13.6 Å². The largest absolute Gasteiger partial charge is 0.496 e. The van der Waals surface area contributed by atoms with E-state index in [-0.39, 0.29) is 0 Å². The van der Waals surface area contributed by atoms with Crippen LogP contribution in [0.2, 0.25) is 0 Å². The number of rotatable bonds is 7. The predicted molar refractivity (Wildman–Crippen MR) is 109 cm³/mol. The highest BCUT2D eigenvalue weighted by Gasteiger charge is 2.26. The topological polar surface area (TPSA) is 57.2 Å². The number of amides is 1. The Kier molecular flexibility index (Phi) is 6.01. The number of benzene rings is 2. The standard InChI is InChI=1S/C23H24F2N2O2/c1-4-7-19-22(16-8-5-6-9-20(16)29-3)21(23(26)28)14(2)27(19)13-15-10-11-17(24)18(25)12-15/h5-6,8-12H,4,7,13H2,1-3H3,(H2,26,28). The van der Waals surface area contributed by atoms with Gasteiger partial charge in [0.1, 0.15) is 5.75 Å². The van der Waals surface area contributed by atoms with E-state index >= 15 is 0 Å². The van der Waals surface area contributed by atoms with Crippen LogP contribution in [0.4, 0.5) is 8.78 Å². The van der Waals surface area contributed by atoms with Gasteiger partial charge in [-0.1, -0.05) is 37.6 Å². The molecule has 1 heterocycles.